The van der Waals surface area contributed by atoms with Gasteiger partial charge >= 0.3 is 0 Å². The summed E-state index contributed by atoms with van der Waals surface area (Å²) in [5.74, 6) is -0.440. The summed E-state index contributed by atoms with van der Waals surface area (Å²) in [6, 6.07) is 6.32. The van der Waals surface area contributed by atoms with Gasteiger partial charge in [0.05, 0.1) is 11.3 Å². The van der Waals surface area contributed by atoms with Crippen LogP contribution in [0.5, 0.6) is 0 Å². The normalized spacial score (nSPS) is 10.3. The lowest BCUT2D eigenvalue weighted by Gasteiger charge is -2.08. The van der Waals surface area contributed by atoms with Crippen molar-refractivity contribution in [2.24, 2.45) is 0 Å². The second-order valence-electron chi connectivity index (χ2n) is 3.45. The molecular formula is C11H5BrCl3N3O. The van der Waals surface area contributed by atoms with E-state index in [4.69, 9.17) is 34.8 Å². The van der Waals surface area contributed by atoms with Crippen LogP contribution in [0.1, 0.15) is 10.4 Å². The summed E-state index contributed by atoms with van der Waals surface area (Å²) in [7, 11) is 0. The highest BCUT2D eigenvalue weighted by Crippen LogP contribution is 2.27. The summed E-state index contributed by atoms with van der Waals surface area (Å²) < 4.78 is 0.651. The Labute approximate surface area is 132 Å². The van der Waals surface area contributed by atoms with E-state index >= 15 is 0 Å². The number of rotatable bonds is 2. The molecule has 4 nitrogen and oxygen atoms in total. The van der Waals surface area contributed by atoms with Crippen molar-refractivity contribution < 1.29 is 4.79 Å². The van der Waals surface area contributed by atoms with Gasteiger partial charge in [-0.25, -0.2) is 0 Å². The van der Waals surface area contributed by atoms with E-state index in [9.17, 15) is 4.79 Å². The van der Waals surface area contributed by atoms with Crippen LogP contribution in [0.25, 0.3) is 0 Å². The van der Waals surface area contributed by atoms with Gasteiger partial charge in [0, 0.05) is 9.50 Å². The second kappa shape index (κ2) is 6.05. The Kier molecular flexibility index (Phi) is 4.62. The zero-order valence-corrected chi connectivity index (χ0v) is 13.0. The van der Waals surface area contributed by atoms with Crippen molar-refractivity contribution in [2.45, 2.75) is 0 Å². The lowest BCUT2D eigenvalue weighted by atomic mass is 10.2. The average molecular weight is 381 g/mol. The SMILES string of the molecule is O=C(Nc1ccc(Cl)cc1Br)c1cc(Cl)nnc1Cl. The number of nitrogens with zero attached hydrogens (tertiary/aromatic N) is 2. The Hall–Kier alpha value is -0.880. The maximum Gasteiger partial charge on any atom is 0.259 e. The van der Waals surface area contributed by atoms with Gasteiger partial charge in [-0.05, 0) is 40.2 Å². The maximum atomic E-state index is 12.0. The fourth-order valence-corrected chi connectivity index (χ4v) is 2.40. The van der Waals surface area contributed by atoms with E-state index in [2.05, 4.69) is 31.4 Å². The molecule has 2 rings (SSSR count). The van der Waals surface area contributed by atoms with Crippen molar-refractivity contribution in [1.29, 1.82) is 0 Å². The fourth-order valence-electron chi connectivity index (χ4n) is 1.29. The summed E-state index contributed by atoms with van der Waals surface area (Å²) >= 11 is 20.6. The summed E-state index contributed by atoms with van der Waals surface area (Å²) in [6.07, 6.45) is 0. The standard InChI is InChI=1S/C11H5BrCl3N3O/c12-7-3-5(13)1-2-8(7)16-11(19)6-4-9(14)17-18-10(6)15/h1-4H,(H,16,19). The number of benzene rings is 1. The molecule has 19 heavy (non-hydrogen) atoms. The third-order valence-corrected chi connectivity index (χ3v) is 3.50. The van der Waals surface area contributed by atoms with Crippen LogP contribution in [0.15, 0.2) is 28.7 Å². The average Bonchev–Trinajstić information content (AvgIpc) is 2.35. The molecule has 0 saturated heterocycles. The molecular weight excluding hydrogens is 376 g/mol. The van der Waals surface area contributed by atoms with Crippen molar-refractivity contribution in [3.05, 3.63) is 49.6 Å². The van der Waals surface area contributed by atoms with Crippen LogP contribution in [0, 0.1) is 0 Å². The van der Waals surface area contributed by atoms with Gasteiger partial charge in [0.25, 0.3) is 5.91 Å². The van der Waals surface area contributed by atoms with E-state index in [1.807, 2.05) is 0 Å². The Morgan fingerprint density at radius 3 is 2.58 bits per heavy atom. The molecule has 1 heterocycles. The molecule has 0 bridgehead atoms. The van der Waals surface area contributed by atoms with Crippen molar-refractivity contribution in [3.63, 3.8) is 0 Å². The molecule has 1 aromatic heterocycles. The van der Waals surface area contributed by atoms with Crippen LogP contribution in [0.3, 0.4) is 0 Å². The number of carbonyl (C=O) groups excluding carboxylic acids is 1. The molecule has 0 aliphatic rings. The van der Waals surface area contributed by atoms with Gasteiger partial charge in [0.2, 0.25) is 0 Å². The number of aromatic nitrogens is 2. The Bertz CT molecular complexity index is 651. The number of amides is 1. The van der Waals surface area contributed by atoms with E-state index in [-0.39, 0.29) is 15.9 Å². The minimum Gasteiger partial charge on any atom is -0.321 e. The second-order valence-corrected chi connectivity index (χ2v) is 5.49. The van der Waals surface area contributed by atoms with Gasteiger partial charge < -0.3 is 5.32 Å². The topological polar surface area (TPSA) is 54.9 Å². The molecule has 0 spiro atoms. The molecule has 8 heteroatoms. The smallest absolute Gasteiger partial charge is 0.259 e. The molecule has 0 aliphatic heterocycles. The lowest BCUT2D eigenvalue weighted by molar-refractivity contribution is 0.102. The van der Waals surface area contributed by atoms with E-state index in [1.165, 1.54) is 6.07 Å². The van der Waals surface area contributed by atoms with E-state index < -0.39 is 5.91 Å². The van der Waals surface area contributed by atoms with Crippen molar-refractivity contribution >= 4 is 62.3 Å². The number of hydrogen-bond acceptors (Lipinski definition) is 3. The van der Waals surface area contributed by atoms with Crippen LogP contribution in [0.2, 0.25) is 15.3 Å². The Morgan fingerprint density at radius 1 is 1.16 bits per heavy atom. The Morgan fingerprint density at radius 2 is 1.89 bits per heavy atom. The largest absolute Gasteiger partial charge is 0.321 e. The molecule has 1 amide bonds. The highest BCUT2D eigenvalue weighted by molar-refractivity contribution is 9.10. The molecule has 1 aromatic carbocycles. The highest BCUT2D eigenvalue weighted by atomic mass is 79.9. The van der Waals surface area contributed by atoms with Gasteiger partial charge in [0.15, 0.2) is 10.3 Å². The minimum atomic E-state index is -0.440. The molecule has 0 aliphatic carbocycles. The predicted molar refractivity (Wildman–Crippen MR) is 79.2 cm³/mol. The number of hydrogen-bond donors (Lipinski definition) is 1. The number of nitrogens with one attached hydrogen (secondary N) is 1. The van der Waals surface area contributed by atoms with Gasteiger partial charge in [-0.15, -0.1) is 10.2 Å². The van der Waals surface area contributed by atoms with Gasteiger partial charge in [-0.3, -0.25) is 4.79 Å². The quantitative estimate of drug-likeness (QED) is 0.836. The third-order valence-electron chi connectivity index (χ3n) is 2.14. The summed E-state index contributed by atoms with van der Waals surface area (Å²) in [4.78, 5) is 12.0. The zero-order chi connectivity index (χ0) is 14.0. The Balaban J connectivity index is 2.28. The molecule has 0 saturated carbocycles. The van der Waals surface area contributed by atoms with Crippen LogP contribution in [0.4, 0.5) is 5.69 Å². The lowest BCUT2D eigenvalue weighted by Crippen LogP contribution is -2.13. The molecule has 98 valence electrons. The van der Waals surface area contributed by atoms with Gasteiger partial charge in [-0.1, -0.05) is 34.8 Å². The first-order valence-corrected chi connectivity index (χ1v) is 6.85. The maximum absolute atomic E-state index is 12.0. The molecule has 0 fully saturated rings. The summed E-state index contributed by atoms with van der Waals surface area (Å²) in [6.45, 7) is 0. The van der Waals surface area contributed by atoms with Crippen LogP contribution < -0.4 is 5.32 Å². The zero-order valence-electron chi connectivity index (χ0n) is 9.12. The molecule has 0 radical (unpaired) electrons. The van der Waals surface area contributed by atoms with Crippen LogP contribution >= 0.6 is 50.7 Å². The number of anilines is 1. The monoisotopic (exact) mass is 379 g/mol. The number of halogens is 4. The first-order chi connectivity index (χ1) is 8.97. The van der Waals surface area contributed by atoms with Crippen molar-refractivity contribution in [1.82, 2.24) is 10.2 Å². The molecule has 2 aromatic rings. The molecule has 0 atom stereocenters. The summed E-state index contributed by atoms with van der Waals surface area (Å²) in [5, 5.41) is 10.4. The first kappa shape index (κ1) is 14.5. The fraction of sp³-hybridized carbons (Fsp3) is 0. The van der Waals surface area contributed by atoms with E-state index in [1.54, 1.807) is 18.2 Å². The molecule has 1 N–H and O–H groups in total. The minimum absolute atomic E-state index is 0.0213. The van der Waals surface area contributed by atoms with E-state index in [0.29, 0.717) is 15.2 Å². The first-order valence-electron chi connectivity index (χ1n) is 4.92. The summed E-state index contributed by atoms with van der Waals surface area (Å²) in [5.41, 5.74) is 0.696. The van der Waals surface area contributed by atoms with Crippen molar-refractivity contribution in [3.8, 4) is 0 Å². The van der Waals surface area contributed by atoms with Gasteiger partial charge in [0.1, 0.15) is 0 Å². The molecule has 0 unspecified atom stereocenters. The van der Waals surface area contributed by atoms with Crippen LogP contribution in [-0.4, -0.2) is 16.1 Å². The predicted octanol–water partition coefficient (Wildman–Crippen LogP) is 4.45. The van der Waals surface area contributed by atoms with Crippen molar-refractivity contribution in [2.75, 3.05) is 5.32 Å². The van der Waals surface area contributed by atoms with Crippen LogP contribution in [-0.2, 0) is 0 Å². The highest BCUT2D eigenvalue weighted by Gasteiger charge is 2.14. The van der Waals surface area contributed by atoms with E-state index in [0.717, 1.165) is 0 Å². The number of carbonyl (C=O) groups is 1. The van der Waals surface area contributed by atoms with Gasteiger partial charge in [-0.2, -0.15) is 0 Å². The third kappa shape index (κ3) is 3.57.